The third-order valence-electron chi connectivity index (χ3n) is 3.18. The molecular formula is C14H13N3O4. The second-order valence-electron chi connectivity index (χ2n) is 4.52. The van der Waals surface area contributed by atoms with E-state index in [2.05, 4.69) is 10.3 Å². The lowest BCUT2D eigenvalue weighted by atomic mass is 10.1. The van der Waals surface area contributed by atoms with Gasteiger partial charge in [-0.2, -0.15) is 0 Å². The van der Waals surface area contributed by atoms with Gasteiger partial charge in [-0.05, 0) is 31.0 Å². The van der Waals surface area contributed by atoms with E-state index in [1.807, 2.05) is 32.0 Å². The average molecular weight is 287 g/mol. The Morgan fingerprint density at radius 2 is 2.10 bits per heavy atom. The fourth-order valence-corrected chi connectivity index (χ4v) is 1.86. The summed E-state index contributed by atoms with van der Waals surface area (Å²) in [5.41, 5.74) is 1.90. The quantitative estimate of drug-likeness (QED) is 0.661. The van der Waals surface area contributed by atoms with Crippen LogP contribution in [-0.2, 0) is 0 Å². The molecule has 0 radical (unpaired) electrons. The van der Waals surface area contributed by atoms with Gasteiger partial charge in [-0.25, -0.2) is 9.78 Å². The van der Waals surface area contributed by atoms with E-state index in [0.717, 1.165) is 29.1 Å². The van der Waals surface area contributed by atoms with Gasteiger partial charge >= 0.3 is 11.7 Å². The Labute approximate surface area is 120 Å². The maximum absolute atomic E-state index is 11.1. The second-order valence-corrected chi connectivity index (χ2v) is 4.52. The number of hydrogen-bond donors (Lipinski definition) is 2. The number of carboxylic acids is 1. The van der Waals surface area contributed by atoms with E-state index in [-0.39, 0.29) is 5.82 Å². The van der Waals surface area contributed by atoms with Crippen LogP contribution in [0.2, 0.25) is 0 Å². The van der Waals surface area contributed by atoms with Gasteiger partial charge < -0.3 is 10.4 Å². The SMILES string of the molecule is Cc1cccc(Nc2cc(C(=O)O)c([N+](=O)[O-])cn2)c1C. The molecule has 0 saturated carbocycles. The summed E-state index contributed by atoms with van der Waals surface area (Å²) in [4.78, 5) is 25.0. The Morgan fingerprint density at radius 3 is 2.71 bits per heavy atom. The minimum Gasteiger partial charge on any atom is -0.477 e. The van der Waals surface area contributed by atoms with E-state index in [9.17, 15) is 14.9 Å². The minimum atomic E-state index is -1.37. The van der Waals surface area contributed by atoms with Gasteiger partial charge in [-0.3, -0.25) is 10.1 Å². The van der Waals surface area contributed by atoms with Gasteiger partial charge in [0.15, 0.2) is 0 Å². The van der Waals surface area contributed by atoms with Gasteiger partial charge in [0.25, 0.3) is 0 Å². The van der Waals surface area contributed by atoms with Crippen molar-refractivity contribution in [3.8, 4) is 0 Å². The fraction of sp³-hybridized carbons (Fsp3) is 0.143. The molecule has 0 spiro atoms. The predicted octanol–water partition coefficient (Wildman–Crippen LogP) is 3.05. The molecule has 1 aromatic carbocycles. The van der Waals surface area contributed by atoms with Crippen LogP contribution in [0.15, 0.2) is 30.5 Å². The van der Waals surface area contributed by atoms with Crippen LogP contribution in [0.1, 0.15) is 21.5 Å². The maximum atomic E-state index is 11.1. The number of pyridine rings is 1. The molecule has 7 heteroatoms. The van der Waals surface area contributed by atoms with E-state index in [1.54, 1.807) is 0 Å². The maximum Gasteiger partial charge on any atom is 0.342 e. The summed E-state index contributed by atoms with van der Waals surface area (Å²) >= 11 is 0. The van der Waals surface area contributed by atoms with Crippen molar-refractivity contribution in [2.45, 2.75) is 13.8 Å². The monoisotopic (exact) mass is 287 g/mol. The van der Waals surface area contributed by atoms with E-state index in [0.29, 0.717) is 0 Å². The number of rotatable bonds is 4. The third kappa shape index (κ3) is 2.97. The lowest BCUT2D eigenvalue weighted by Gasteiger charge is -2.11. The number of hydrogen-bond acceptors (Lipinski definition) is 5. The molecule has 0 fully saturated rings. The topological polar surface area (TPSA) is 105 Å². The normalized spacial score (nSPS) is 10.2. The molecule has 1 aromatic heterocycles. The van der Waals surface area contributed by atoms with Crippen molar-refractivity contribution in [3.63, 3.8) is 0 Å². The summed E-state index contributed by atoms with van der Waals surface area (Å²) in [6, 6.07) is 6.79. The molecular weight excluding hydrogens is 274 g/mol. The average Bonchev–Trinajstić information content (AvgIpc) is 2.43. The van der Waals surface area contributed by atoms with Crippen molar-refractivity contribution in [1.82, 2.24) is 4.98 Å². The molecule has 0 aliphatic carbocycles. The van der Waals surface area contributed by atoms with E-state index in [4.69, 9.17) is 5.11 Å². The Balaban J connectivity index is 2.42. The van der Waals surface area contributed by atoms with Crippen LogP contribution in [-0.4, -0.2) is 21.0 Å². The summed E-state index contributed by atoms with van der Waals surface area (Å²) in [7, 11) is 0. The summed E-state index contributed by atoms with van der Waals surface area (Å²) in [5.74, 6) is -1.13. The van der Waals surface area contributed by atoms with Crippen molar-refractivity contribution < 1.29 is 14.8 Å². The van der Waals surface area contributed by atoms with Crippen molar-refractivity contribution in [2.75, 3.05) is 5.32 Å². The number of anilines is 2. The second kappa shape index (κ2) is 5.58. The van der Waals surface area contributed by atoms with Gasteiger partial charge in [0.05, 0.1) is 4.92 Å². The first kappa shape index (κ1) is 14.4. The Kier molecular flexibility index (Phi) is 3.84. The highest BCUT2D eigenvalue weighted by molar-refractivity contribution is 5.93. The van der Waals surface area contributed by atoms with Crippen molar-refractivity contribution in [3.05, 3.63) is 57.3 Å². The number of benzene rings is 1. The summed E-state index contributed by atoms with van der Waals surface area (Å²) in [6.45, 7) is 3.87. The zero-order valence-electron chi connectivity index (χ0n) is 11.5. The lowest BCUT2D eigenvalue weighted by molar-refractivity contribution is -0.385. The number of nitro groups is 1. The zero-order chi connectivity index (χ0) is 15.6. The van der Waals surface area contributed by atoms with Gasteiger partial charge in [-0.1, -0.05) is 12.1 Å². The largest absolute Gasteiger partial charge is 0.477 e. The highest BCUT2D eigenvalue weighted by Gasteiger charge is 2.21. The Bertz CT molecular complexity index is 728. The number of aromatic nitrogens is 1. The first-order valence-corrected chi connectivity index (χ1v) is 6.11. The van der Waals surface area contributed by atoms with Crippen LogP contribution in [0, 0.1) is 24.0 Å². The minimum absolute atomic E-state index is 0.242. The zero-order valence-corrected chi connectivity index (χ0v) is 11.5. The molecule has 0 bridgehead atoms. The molecule has 0 unspecified atom stereocenters. The number of aryl methyl sites for hydroxylation is 1. The van der Waals surface area contributed by atoms with Crippen LogP contribution >= 0.6 is 0 Å². The van der Waals surface area contributed by atoms with Crippen molar-refractivity contribution in [1.29, 1.82) is 0 Å². The third-order valence-corrected chi connectivity index (χ3v) is 3.18. The molecule has 1 heterocycles. The molecule has 108 valence electrons. The summed E-state index contributed by atoms with van der Waals surface area (Å²) in [5, 5.41) is 22.8. The summed E-state index contributed by atoms with van der Waals surface area (Å²) in [6.07, 6.45) is 0.941. The van der Waals surface area contributed by atoms with Crippen molar-refractivity contribution in [2.24, 2.45) is 0 Å². The van der Waals surface area contributed by atoms with Crippen LogP contribution in [0.3, 0.4) is 0 Å². The van der Waals surface area contributed by atoms with Crippen LogP contribution in [0.5, 0.6) is 0 Å². The fourth-order valence-electron chi connectivity index (χ4n) is 1.86. The van der Waals surface area contributed by atoms with Crippen LogP contribution in [0.4, 0.5) is 17.2 Å². The van der Waals surface area contributed by atoms with Crippen LogP contribution in [0.25, 0.3) is 0 Å². The smallest absolute Gasteiger partial charge is 0.342 e. The number of aromatic carboxylic acids is 1. The molecule has 0 aliphatic rings. The van der Waals surface area contributed by atoms with E-state index < -0.39 is 22.1 Å². The van der Waals surface area contributed by atoms with E-state index >= 15 is 0 Å². The Hall–Kier alpha value is -2.96. The molecule has 0 amide bonds. The van der Waals surface area contributed by atoms with Crippen LogP contribution < -0.4 is 5.32 Å². The van der Waals surface area contributed by atoms with Gasteiger partial charge in [0.1, 0.15) is 17.6 Å². The lowest BCUT2D eigenvalue weighted by Crippen LogP contribution is -2.05. The standard InChI is InChI=1S/C14H13N3O4/c1-8-4-3-5-11(9(8)2)16-13-6-10(14(18)19)12(7-15-13)17(20)21/h3-7H,1-2H3,(H,15,16)(H,18,19). The number of carboxylic acid groups (broad SMARTS) is 1. The molecule has 2 N–H and O–H groups in total. The van der Waals surface area contributed by atoms with Gasteiger partial charge in [-0.15, -0.1) is 0 Å². The van der Waals surface area contributed by atoms with Gasteiger partial charge in [0.2, 0.25) is 0 Å². The molecule has 0 atom stereocenters. The molecule has 0 aliphatic heterocycles. The first-order valence-electron chi connectivity index (χ1n) is 6.11. The molecule has 0 saturated heterocycles. The van der Waals surface area contributed by atoms with Gasteiger partial charge in [0, 0.05) is 11.8 Å². The molecule has 2 rings (SSSR count). The predicted molar refractivity (Wildman–Crippen MR) is 77.0 cm³/mol. The number of nitrogens with zero attached hydrogens (tertiary/aromatic N) is 2. The van der Waals surface area contributed by atoms with Crippen molar-refractivity contribution >= 4 is 23.2 Å². The highest BCUT2D eigenvalue weighted by Crippen LogP contribution is 2.25. The molecule has 21 heavy (non-hydrogen) atoms. The molecule has 7 nitrogen and oxygen atoms in total. The number of nitrogens with one attached hydrogen (secondary N) is 1. The molecule has 2 aromatic rings. The summed E-state index contributed by atoms with van der Waals surface area (Å²) < 4.78 is 0. The Morgan fingerprint density at radius 1 is 1.38 bits per heavy atom. The number of carbonyl (C=O) groups is 1. The van der Waals surface area contributed by atoms with E-state index in [1.165, 1.54) is 0 Å². The first-order chi connectivity index (χ1) is 9.90. The highest BCUT2D eigenvalue weighted by atomic mass is 16.6.